The molecule has 118 valence electrons. The van der Waals surface area contributed by atoms with Crippen LogP contribution in [-0.4, -0.2) is 0 Å². The quantitative estimate of drug-likeness (QED) is 0.592. The molecule has 2 rings (SSSR count). The van der Waals surface area contributed by atoms with Crippen LogP contribution in [0.1, 0.15) is 22.3 Å². The van der Waals surface area contributed by atoms with Crippen molar-refractivity contribution in [3.8, 4) is 0 Å². The first-order valence-corrected chi connectivity index (χ1v) is 6.47. The van der Waals surface area contributed by atoms with Crippen LogP contribution in [0.2, 0.25) is 5.02 Å². The number of rotatable bonds is 2. The predicted octanol–water partition coefficient (Wildman–Crippen LogP) is 5.97. The van der Waals surface area contributed by atoms with Crippen molar-refractivity contribution in [2.24, 2.45) is 0 Å². The second kappa shape index (κ2) is 5.83. The van der Waals surface area contributed by atoms with E-state index in [-0.39, 0.29) is 11.4 Å². The van der Waals surface area contributed by atoms with Gasteiger partial charge in [0.25, 0.3) is 0 Å². The molecule has 7 heteroatoms. The number of benzene rings is 2. The average Bonchev–Trinajstić information content (AvgIpc) is 2.39. The van der Waals surface area contributed by atoms with Gasteiger partial charge < -0.3 is 0 Å². The van der Waals surface area contributed by atoms with Crippen molar-refractivity contribution >= 4 is 11.6 Å². The first-order chi connectivity index (χ1) is 10.1. The third-order valence-electron chi connectivity index (χ3n) is 3.03. The van der Waals surface area contributed by atoms with Crippen LogP contribution in [0.15, 0.2) is 42.5 Å². The van der Waals surface area contributed by atoms with Crippen molar-refractivity contribution < 1.29 is 26.3 Å². The van der Waals surface area contributed by atoms with Gasteiger partial charge in [-0.25, -0.2) is 0 Å². The standard InChI is InChI=1S/C15H9ClF6/c16-13-8-12(15(20,21)22)5-4-10(13)6-9-2-1-3-11(7-9)14(17,18)19/h1-5,7-8H,6H2. The van der Waals surface area contributed by atoms with Crippen LogP contribution in [0.4, 0.5) is 26.3 Å². The molecule has 0 aliphatic rings. The van der Waals surface area contributed by atoms with Crippen LogP contribution in [-0.2, 0) is 18.8 Å². The molecule has 0 N–H and O–H groups in total. The second-order valence-corrected chi connectivity index (χ2v) is 5.09. The van der Waals surface area contributed by atoms with Crippen molar-refractivity contribution in [2.45, 2.75) is 18.8 Å². The lowest BCUT2D eigenvalue weighted by atomic mass is 10.0. The fraction of sp³-hybridized carbons (Fsp3) is 0.200. The third-order valence-corrected chi connectivity index (χ3v) is 3.38. The van der Waals surface area contributed by atoms with Crippen molar-refractivity contribution in [1.29, 1.82) is 0 Å². The van der Waals surface area contributed by atoms with E-state index in [4.69, 9.17) is 11.6 Å². The molecule has 0 atom stereocenters. The number of halogens is 7. The van der Waals surface area contributed by atoms with Crippen molar-refractivity contribution in [3.63, 3.8) is 0 Å². The van der Waals surface area contributed by atoms with E-state index in [9.17, 15) is 26.3 Å². The average molecular weight is 339 g/mol. The number of hydrogen-bond donors (Lipinski definition) is 0. The van der Waals surface area contributed by atoms with Gasteiger partial charge in [-0.05, 0) is 35.7 Å². The van der Waals surface area contributed by atoms with E-state index in [1.807, 2.05) is 0 Å². The molecule has 0 aromatic heterocycles. The molecule has 0 fully saturated rings. The summed E-state index contributed by atoms with van der Waals surface area (Å²) in [5.41, 5.74) is -1.07. The van der Waals surface area contributed by atoms with Gasteiger partial charge in [0.15, 0.2) is 0 Å². The Bertz CT molecular complexity index is 672. The molecule has 2 aromatic rings. The Labute approximate surface area is 127 Å². The summed E-state index contributed by atoms with van der Waals surface area (Å²) in [6, 6.07) is 7.38. The predicted molar refractivity (Wildman–Crippen MR) is 70.7 cm³/mol. The lowest BCUT2D eigenvalue weighted by Crippen LogP contribution is -2.06. The lowest BCUT2D eigenvalue weighted by molar-refractivity contribution is -0.138. The van der Waals surface area contributed by atoms with E-state index < -0.39 is 23.5 Å². The van der Waals surface area contributed by atoms with Crippen LogP contribution >= 0.6 is 11.6 Å². The Morgan fingerprint density at radius 3 is 1.91 bits per heavy atom. The fourth-order valence-electron chi connectivity index (χ4n) is 1.94. The van der Waals surface area contributed by atoms with Gasteiger partial charge in [0.1, 0.15) is 0 Å². The largest absolute Gasteiger partial charge is 0.416 e. The maximum atomic E-state index is 12.6. The monoisotopic (exact) mass is 338 g/mol. The van der Waals surface area contributed by atoms with Crippen molar-refractivity contribution in [2.75, 3.05) is 0 Å². The zero-order valence-electron chi connectivity index (χ0n) is 10.9. The maximum absolute atomic E-state index is 12.6. The number of hydrogen-bond acceptors (Lipinski definition) is 0. The minimum Gasteiger partial charge on any atom is -0.166 e. The van der Waals surface area contributed by atoms with Crippen LogP contribution in [0.25, 0.3) is 0 Å². The number of alkyl halides is 6. The Balaban J connectivity index is 2.28. The molecule has 0 nitrogen and oxygen atoms in total. The first-order valence-electron chi connectivity index (χ1n) is 6.09. The molecule has 0 aliphatic carbocycles. The topological polar surface area (TPSA) is 0 Å². The van der Waals surface area contributed by atoms with Gasteiger partial charge in [-0.1, -0.05) is 35.9 Å². The zero-order valence-corrected chi connectivity index (χ0v) is 11.7. The van der Waals surface area contributed by atoms with Crippen molar-refractivity contribution in [3.05, 3.63) is 69.7 Å². The minimum atomic E-state index is -4.52. The van der Waals surface area contributed by atoms with E-state index in [2.05, 4.69) is 0 Å². The molecule has 0 saturated heterocycles. The van der Waals surface area contributed by atoms with Gasteiger partial charge in [-0.2, -0.15) is 26.3 Å². The summed E-state index contributed by atoms with van der Waals surface area (Å²) >= 11 is 5.79. The summed E-state index contributed by atoms with van der Waals surface area (Å²) in [7, 11) is 0. The molecule has 0 bridgehead atoms. The molecule has 0 heterocycles. The summed E-state index contributed by atoms with van der Waals surface area (Å²) in [5.74, 6) is 0. The van der Waals surface area contributed by atoms with Gasteiger partial charge in [0.2, 0.25) is 0 Å². The Morgan fingerprint density at radius 1 is 0.773 bits per heavy atom. The van der Waals surface area contributed by atoms with E-state index in [1.165, 1.54) is 18.2 Å². The highest BCUT2D eigenvalue weighted by Gasteiger charge is 2.31. The summed E-state index contributed by atoms with van der Waals surface area (Å²) in [4.78, 5) is 0. The molecule has 0 amide bonds. The highest BCUT2D eigenvalue weighted by atomic mass is 35.5. The summed E-state index contributed by atoms with van der Waals surface area (Å²) in [5, 5.41) is -0.132. The van der Waals surface area contributed by atoms with E-state index in [1.54, 1.807) is 0 Å². The maximum Gasteiger partial charge on any atom is 0.416 e. The normalized spacial score (nSPS) is 12.5. The molecule has 0 spiro atoms. The Morgan fingerprint density at radius 2 is 1.36 bits per heavy atom. The van der Waals surface area contributed by atoms with Crippen molar-refractivity contribution in [1.82, 2.24) is 0 Å². The molecule has 0 aliphatic heterocycles. The SMILES string of the molecule is FC(F)(F)c1cccc(Cc2ccc(C(F)(F)F)cc2Cl)c1. The van der Waals surface area contributed by atoms with E-state index >= 15 is 0 Å². The zero-order chi connectivity index (χ0) is 16.5. The van der Waals surface area contributed by atoms with Crippen LogP contribution in [0.3, 0.4) is 0 Å². The third kappa shape index (κ3) is 3.94. The molecule has 2 aromatic carbocycles. The molecule has 22 heavy (non-hydrogen) atoms. The molecule has 0 radical (unpaired) electrons. The minimum absolute atomic E-state index is 0.0148. The highest BCUT2D eigenvalue weighted by molar-refractivity contribution is 6.31. The summed E-state index contributed by atoms with van der Waals surface area (Å²) in [6.45, 7) is 0. The molecule has 0 saturated carbocycles. The second-order valence-electron chi connectivity index (χ2n) is 4.68. The van der Waals surface area contributed by atoms with Gasteiger partial charge in [-0.15, -0.1) is 0 Å². The first kappa shape index (κ1) is 16.7. The van der Waals surface area contributed by atoms with Crippen LogP contribution < -0.4 is 0 Å². The lowest BCUT2D eigenvalue weighted by Gasteiger charge is -2.11. The summed E-state index contributed by atoms with van der Waals surface area (Å²) in [6.07, 6.45) is -8.97. The fourth-order valence-corrected chi connectivity index (χ4v) is 2.19. The van der Waals surface area contributed by atoms with Gasteiger partial charge >= 0.3 is 12.4 Å². The van der Waals surface area contributed by atoms with E-state index in [0.717, 1.165) is 24.3 Å². The van der Waals surface area contributed by atoms with Gasteiger partial charge in [-0.3, -0.25) is 0 Å². The molecular weight excluding hydrogens is 330 g/mol. The van der Waals surface area contributed by atoms with Gasteiger partial charge in [0, 0.05) is 5.02 Å². The summed E-state index contributed by atoms with van der Waals surface area (Å²) < 4.78 is 75.4. The Kier molecular flexibility index (Phi) is 4.42. The highest BCUT2D eigenvalue weighted by Crippen LogP contribution is 2.33. The van der Waals surface area contributed by atoms with Crippen LogP contribution in [0, 0.1) is 0 Å². The van der Waals surface area contributed by atoms with Crippen LogP contribution in [0.5, 0.6) is 0 Å². The van der Waals surface area contributed by atoms with Gasteiger partial charge in [0.05, 0.1) is 11.1 Å². The molecular formula is C15H9ClF6. The smallest absolute Gasteiger partial charge is 0.166 e. The Hall–Kier alpha value is -1.69. The van der Waals surface area contributed by atoms with E-state index in [0.29, 0.717) is 11.1 Å². The molecule has 0 unspecified atom stereocenters.